The van der Waals surface area contributed by atoms with Gasteiger partial charge in [-0.25, -0.2) is 9.07 Å². The molecule has 0 atom stereocenters. The molecule has 0 aliphatic carbocycles. The number of carbonyl (C=O) groups excluding carboxylic acids is 1. The lowest BCUT2D eigenvalue weighted by molar-refractivity contribution is -0.119. The summed E-state index contributed by atoms with van der Waals surface area (Å²) in [7, 11) is 0. The van der Waals surface area contributed by atoms with E-state index in [9.17, 15) is 9.18 Å². The minimum atomic E-state index is -0.381. The van der Waals surface area contributed by atoms with E-state index in [1.54, 1.807) is 18.3 Å². The number of nitrogens with one attached hydrogen (secondary N) is 1. The normalized spacial score (nSPS) is 10.5. The van der Waals surface area contributed by atoms with E-state index in [1.807, 2.05) is 6.92 Å². The van der Waals surface area contributed by atoms with Gasteiger partial charge in [-0.05, 0) is 24.6 Å². The van der Waals surface area contributed by atoms with Crippen molar-refractivity contribution in [2.75, 3.05) is 6.54 Å². The molecule has 0 bridgehead atoms. The van der Waals surface area contributed by atoms with Crippen LogP contribution in [-0.2, 0) is 11.3 Å². The van der Waals surface area contributed by atoms with Crippen LogP contribution in [0.4, 0.5) is 4.39 Å². The predicted molar refractivity (Wildman–Crippen MR) is 67.0 cm³/mol. The Balaban J connectivity index is 2.16. The standard InChI is InChI=1S/C12H14FN5O/c1-8-2-3-10(13)11(4-8)18-7-9(16-17-18)6-15-12(19)5-14/h2-4,7H,5-6,14H2,1H3,(H,15,19). The van der Waals surface area contributed by atoms with Crippen LogP contribution in [0.2, 0.25) is 0 Å². The molecular formula is C12H14FN5O. The summed E-state index contributed by atoms with van der Waals surface area (Å²) in [5.41, 5.74) is 6.94. The Hall–Kier alpha value is -2.28. The molecule has 0 unspecified atom stereocenters. The van der Waals surface area contributed by atoms with Gasteiger partial charge in [0.15, 0.2) is 0 Å². The number of amides is 1. The summed E-state index contributed by atoms with van der Waals surface area (Å²) in [4.78, 5) is 11.0. The van der Waals surface area contributed by atoms with Crippen molar-refractivity contribution in [3.05, 3.63) is 41.5 Å². The summed E-state index contributed by atoms with van der Waals surface area (Å²) in [5.74, 6) is -0.663. The van der Waals surface area contributed by atoms with Gasteiger partial charge in [-0.1, -0.05) is 11.3 Å². The van der Waals surface area contributed by atoms with E-state index >= 15 is 0 Å². The number of halogens is 1. The molecule has 19 heavy (non-hydrogen) atoms. The van der Waals surface area contributed by atoms with Gasteiger partial charge in [0.05, 0.1) is 19.3 Å². The number of aryl methyl sites for hydroxylation is 1. The first-order chi connectivity index (χ1) is 9.10. The highest BCUT2D eigenvalue weighted by atomic mass is 19.1. The Kier molecular flexibility index (Phi) is 3.86. The molecule has 100 valence electrons. The summed E-state index contributed by atoms with van der Waals surface area (Å²) >= 11 is 0. The van der Waals surface area contributed by atoms with E-state index in [2.05, 4.69) is 15.6 Å². The van der Waals surface area contributed by atoms with Gasteiger partial charge in [-0.3, -0.25) is 4.79 Å². The third-order valence-corrected chi connectivity index (χ3v) is 2.54. The molecule has 6 nitrogen and oxygen atoms in total. The van der Waals surface area contributed by atoms with E-state index in [1.165, 1.54) is 10.7 Å². The molecule has 0 aliphatic rings. The minimum absolute atomic E-state index is 0.0827. The monoisotopic (exact) mass is 263 g/mol. The number of rotatable bonds is 4. The van der Waals surface area contributed by atoms with Crippen LogP contribution < -0.4 is 11.1 Å². The molecule has 7 heteroatoms. The van der Waals surface area contributed by atoms with Crippen LogP contribution in [0.25, 0.3) is 5.69 Å². The molecule has 0 spiro atoms. The Morgan fingerprint density at radius 1 is 1.53 bits per heavy atom. The van der Waals surface area contributed by atoms with Crippen molar-refractivity contribution < 1.29 is 9.18 Å². The molecule has 1 heterocycles. The zero-order chi connectivity index (χ0) is 13.8. The molecule has 2 aromatic rings. The second kappa shape index (κ2) is 5.57. The highest BCUT2D eigenvalue weighted by Gasteiger charge is 2.08. The Morgan fingerprint density at radius 2 is 2.32 bits per heavy atom. The lowest BCUT2D eigenvalue weighted by Gasteiger charge is -2.03. The van der Waals surface area contributed by atoms with Gasteiger partial charge in [0.1, 0.15) is 17.2 Å². The molecule has 1 aromatic carbocycles. The summed E-state index contributed by atoms with van der Waals surface area (Å²) < 4.78 is 15.0. The van der Waals surface area contributed by atoms with E-state index in [0.29, 0.717) is 11.4 Å². The van der Waals surface area contributed by atoms with Crippen molar-refractivity contribution in [3.63, 3.8) is 0 Å². The molecule has 1 aromatic heterocycles. The van der Waals surface area contributed by atoms with Crippen molar-refractivity contribution in [2.45, 2.75) is 13.5 Å². The maximum absolute atomic E-state index is 13.7. The van der Waals surface area contributed by atoms with Gasteiger partial charge < -0.3 is 11.1 Å². The molecular weight excluding hydrogens is 249 g/mol. The number of benzene rings is 1. The molecule has 0 fully saturated rings. The predicted octanol–water partition coefficient (Wildman–Crippen LogP) is 0.290. The second-order valence-electron chi connectivity index (χ2n) is 4.09. The van der Waals surface area contributed by atoms with Gasteiger partial charge >= 0.3 is 0 Å². The quantitative estimate of drug-likeness (QED) is 0.830. The second-order valence-corrected chi connectivity index (χ2v) is 4.09. The minimum Gasteiger partial charge on any atom is -0.349 e. The van der Waals surface area contributed by atoms with Gasteiger partial charge in [-0.15, -0.1) is 5.10 Å². The fraction of sp³-hybridized carbons (Fsp3) is 0.250. The first-order valence-electron chi connectivity index (χ1n) is 5.74. The van der Waals surface area contributed by atoms with Gasteiger partial charge in [-0.2, -0.15) is 0 Å². The first-order valence-corrected chi connectivity index (χ1v) is 5.74. The third kappa shape index (κ3) is 3.14. The van der Waals surface area contributed by atoms with Crippen molar-refractivity contribution in [3.8, 4) is 5.69 Å². The molecule has 0 aliphatic heterocycles. The van der Waals surface area contributed by atoms with Crippen molar-refractivity contribution in [1.29, 1.82) is 0 Å². The van der Waals surface area contributed by atoms with Gasteiger partial charge in [0.25, 0.3) is 0 Å². The molecule has 0 radical (unpaired) electrons. The van der Waals surface area contributed by atoms with Crippen LogP contribution in [-0.4, -0.2) is 27.4 Å². The van der Waals surface area contributed by atoms with E-state index in [0.717, 1.165) is 5.56 Å². The number of nitrogens with two attached hydrogens (primary N) is 1. The number of aromatic nitrogens is 3. The van der Waals surface area contributed by atoms with Crippen LogP contribution >= 0.6 is 0 Å². The SMILES string of the molecule is Cc1ccc(F)c(-n2cc(CNC(=O)CN)nn2)c1. The zero-order valence-corrected chi connectivity index (χ0v) is 10.4. The van der Waals surface area contributed by atoms with Crippen LogP contribution in [0, 0.1) is 12.7 Å². The Labute approximate surface area is 109 Å². The number of carbonyl (C=O) groups is 1. The summed E-state index contributed by atoms with van der Waals surface area (Å²) in [6.07, 6.45) is 1.56. The topological polar surface area (TPSA) is 85.8 Å². The van der Waals surface area contributed by atoms with E-state index < -0.39 is 0 Å². The van der Waals surface area contributed by atoms with E-state index in [4.69, 9.17) is 5.73 Å². The first kappa shape index (κ1) is 13.2. The van der Waals surface area contributed by atoms with Crippen molar-refractivity contribution in [1.82, 2.24) is 20.3 Å². The van der Waals surface area contributed by atoms with Crippen molar-refractivity contribution >= 4 is 5.91 Å². The smallest absolute Gasteiger partial charge is 0.234 e. The molecule has 0 saturated carbocycles. The molecule has 0 saturated heterocycles. The van der Waals surface area contributed by atoms with Crippen molar-refractivity contribution in [2.24, 2.45) is 5.73 Å². The average Bonchev–Trinajstić information content (AvgIpc) is 2.87. The fourth-order valence-electron chi connectivity index (χ4n) is 1.56. The summed E-state index contributed by atoms with van der Waals surface area (Å²) in [6.45, 7) is 1.99. The number of nitrogens with zero attached hydrogens (tertiary/aromatic N) is 3. The largest absolute Gasteiger partial charge is 0.349 e. The zero-order valence-electron chi connectivity index (χ0n) is 10.4. The van der Waals surface area contributed by atoms with Crippen LogP contribution in [0.3, 0.4) is 0 Å². The summed E-state index contributed by atoms with van der Waals surface area (Å²) in [6, 6.07) is 4.73. The highest BCUT2D eigenvalue weighted by molar-refractivity contribution is 5.77. The highest BCUT2D eigenvalue weighted by Crippen LogP contribution is 2.14. The Morgan fingerprint density at radius 3 is 3.05 bits per heavy atom. The number of hydrogen-bond acceptors (Lipinski definition) is 4. The molecule has 1 amide bonds. The number of hydrogen-bond donors (Lipinski definition) is 2. The lowest BCUT2D eigenvalue weighted by Crippen LogP contribution is -2.29. The maximum Gasteiger partial charge on any atom is 0.234 e. The van der Waals surface area contributed by atoms with Crippen LogP contribution in [0.15, 0.2) is 24.4 Å². The van der Waals surface area contributed by atoms with Crippen LogP contribution in [0.5, 0.6) is 0 Å². The fourth-order valence-corrected chi connectivity index (χ4v) is 1.56. The summed E-state index contributed by atoms with van der Waals surface area (Å²) in [5, 5.41) is 10.3. The third-order valence-electron chi connectivity index (χ3n) is 2.54. The van der Waals surface area contributed by atoms with Gasteiger partial charge in [0, 0.05) is 0 Å². The van der Waals surface area contributed by atoms with Crippen LogP contribution in [0.1, 0.15) is 11.3 Å². The maximum atomic E-state index is 13.7. The average molecular weight is 263 g/mol. The van der Waals surface area contributed by atoms with E-state index in [-0.39, 0.29) is 24.8 Å². The Bertz CT molecular complexity index is 596. The molecule has 3 N–H and O–H groups in total. The lowest BCUT2D eigenvalue weighted by atomic mass is 10.2. The van der Waals surface area contributed by atoms with Gasteiger partial charge in [0.2, 0.25) is 5.91 Å². The molecule has 2 rings (SSSR count).